The molecule has 1 N–H and O–H groups in total. The number of hydrogen-bond donors (Lipinski definition) is 1. The molecule has 0 aliphatic carbocycles. The average Bonchev–Trinajstić information content (AvgIpc) is 2.34. The van der Waals surface area contributed by atoms with Crippen molar-refractivity contribution in [2.24, 2.45) is 9.98 Å². The predicted octanol–water partition coefficient (Wildman–Crippen LogP) is 1.12. The van der Waals surface area contributed by atoms with Crippen LogP contribution in [0.15, 0.2) is 9.98 Å². The van der Waals surface area contributed by atoms with Gasteiger partial charge in [-0.15, -0.1) is 11.8 Å². The molecule has 0 amide bonds. The quantitative estimate of drug-likeness (QED) is 0.641. The molecule has 1 aliphatic heterocycles. The van der Waals surface area contributed by atoms with Crippen molar-refractivity contribution in [1.82, 2.24) is 5.32 Å². The smallest absolute Gasteiger partial charge is 0.219 e. The summed E-state index contributed by atoms with van der Waals surface area (Å²) in [6.07, 6.45) is 2.02. The van der Waals surface area contributed by atoms with Crippen molar-refractivity contribution >= 4 is 22.8 Å². The van der Waals surface area contributed by atoms with Gasteiger partial charge in [-0.2, -0.15) is 0 Å². The largest absolute Gasteiger partial charge is 0.352 e. The van der Waals surface area contributed by atoms with Gasteiger partial charge in [-0.3, -0.25) is 0 Å². The van der Waals surface area contributed by atoms with Gasteiger partial charge in [-0.1, -0.05) is 0 Å². The topological polar surface area (TPSA) is 36.8 Å². The number of hydrogen-bond acceptors (Lipinski definition) is 4. The Kier molecular flexibility index (Phi) is 2.93. The summed E-state index contributed by atoms with van der Waals surface area (Å²) in [6, 6.07) is 0.415. The molecule has 1 aliphatic rings. The maximum absolute atomic E-state index is 4.27. The van der Waals surface area contributed by atoms with E-state index in [9.17, 15) is 0 Å². The van der Waals surface area contributed by atoms with Gasteiger partial charge in [0, 0.05) is 6.04 Å². The summed E-state index contributed by atoms with van der Waals surface area (Å²) < 4.78 is 0. The molecule has 11 heavy (non-hydrogen) atoms. The molecule has 0 unspecified atom stereocenters. The van der Waals surface area contributed by atoms with Crippen LogP contribution in [0.1, 0.15) is 13.8 Å². The second-order valence-electron chi connectivity index (χ2n) is 2.65. The Balaban J connectivity index is 2.44. The van der Waals surface area contributed by atoms with Crippen LogP contribution in [-0.2, 0) is 0 Å². The number of rotatable bonds is 1. The van der Waals surface area contributed by atoms with Crippen molar-refractivity contribution in [2.75, 3.05) is 12.8 Å². The fraction of sp³-hybridized carbons (Fsp3) is 0.714. The molecule has 0 fully saturated rings. The monoisotopic (exact) mass is 171 g/mol. The summed E-state index contributed by atoms with van der Waals surface area (Å²) in [5.41, 5.74) is 0. The molecule has 0 aromatic carbocycles. The molecule has 0 aromatic heterocycles. The second kappa shape index (κ2) is 3.76. The van der Waals surface area contributed by atoms with Gasteiger partial charge in [0.1, 0.15) is 0 Å². The number of nitrogens with zero attached hydrogens (tertiary/aromatic N) is 2. The van der Waals surface area contributed by atoms with Crippen LogP contribution < -0.4 is 5.32 Å². The van der Waals surface area contributed by atoms with Gasteiger partial charge in [0.25, 0.3) is 0 Å². The molecule has 1 rings (SSSR count). The van der Waals surface area contributed by atoms with Crippen molar-refractivity contribution in [2.45, 2.75) is 19.9 Å². The second-order valence-corrected chi connectivity index (χ2v) is 3.53. The number of guanidine groups is 1. The Hall–Kier alpha value is -0.510. The van der Waals surface area contributed by atoms with E-state index < -0.39 is 0 Å². The molecule has 3 nitrogen and oxygen atoms in total. The third kappa shape index (κ3) is 2.54. The van der Waals surface area contributed by atoms with Crippen LogP contribution >= 0.6 is 11.8 Å². The Morgan fingerprint density at radius 2 is 2.27 bits per heavy atom. The zero-order valence-corrected chi connectivity index (χ0v) is 7.90. The zero-order valence-electron chi connectivity index (χ0n) is 7.09. The van der Waals surface area contributed by atoms with Gasteiger partial charge in [0.2, 0.25) is 5.96 Å². The Bertz CT molecular complexity index is 196. The number of thioether (sulfide) groups is 1. The third-order valence-corrected chi connectivity index (χ3v) is 1.94. The Labute approximate surface area is 71.4 Å². The first-order chi connectivity index (χ1) is 5.22. The van der Waals surface area contributed by atoms with Gasteiger partial charge < -0.3 is 5.32 Å². The Morgan fingerprint density at radius 3 is 2.73 bits per heavy atom. The van der Waals surface area contributed by atoms with Crippen LogP contribution in [0.3, 0.4) is 0 Å². The maximum atomic E-state index is 4.27. The summed E-state index contributed by atoms with van der Waals surface area (Å²) >= 11 is 1.66. The van der Waals surface area contributed by atoms with E-state index in [-0.39, 0.29) is 0 Å². The summed E-state index contributed by atoms with van der Waals surface area (Å²) in [7, 11) is 0. The lowest BCUT2D eigenvalue weighted by atomic mass is 10.4. The predicted molar refractivity (Wildman–Crippen MR) is 51.5 cm³/mol. The highest BCUT2D eigenvalue weighted by Crippen LogP contribution is 2.05. The first-order valence-electron chi connectivity index (χ1n) is 3.65. The molecule has 4 heteroatoms. The zero-order chi connectivity index (χ0) is 8.27. The molecular weight excluding hydrogens is 158 g/mol. The highest BCUT2D eigenvalue weighted by atomic mass is 32.2. The maximum Gasteiger partial charge on any atom is 0.219 e. The SMILES string of the molecule is CSC1=NC(NC(C)C)=NC1. The third-order valence-electron chi connectivity index (χ3n) is 1.25. The van der Waals surface area contributed by atoms with Gasteiger partial charge in [0.15, 0.2) is 0 Å². The fourth-order valence-electron chi connectivity index (χ4n) is 0.778. The average molecular weight is 171 g/mol. The van der Waals surface area contributed by atoms with Crippen LogP contribution in [-0.4, -0.2) is 29.8 Å². The number of nitrogens with one attached hydrogen (secondary N) is 1. The van der Waals surface area contributed by atoms with E-state index in [1.54, 1.807) is 11.8 Å². The van der Waals surface area contributed by atoms with Crippen molar-refractivity contribution in [3.8, 4) is 0 Å². The van der Waals surface area contributed by atoms with Crippen LogP contribution in [0.5, 0.6) is 0 Å². The molecule has 1 heterocycles. The molecule has 0 atom stereocenters. The van der Waals surface area contributed by atoms with E-state index in [0.717, 1.165) is 17.5 Å². The summed E-state index contributed by atoms with van der Waals surface area (Å²) in [5.74, 6) is 0.782. The summed E-state index contributed by atoms with van der Waals surface area (Å²) in [4.78, 5) is 8.47. The van der Waals surface area contributed by atoms with Crippen LogP contribution in [0.2, 0.25) is 0 Å². The van der Waals surface area contributed by atoms with Crippen molar-refractivity contribution in [1.29, 1.82) is 0 Å². The van der Waals surface area contributed by atoms with E-state index in [2.05, 4.69) is 29.1 Å². The van der Waals surface area contributed by atoms with Crippen molar-refractivity contribution in [3.63, 3.8) is 0 Å². The molecule has 0 radical (unpaired) electrons. The van der Waals surface area contributed by atoms with E-state index >= 15 is 0 Å². The van der Waals surface area contributed by atoms with Gasteiger partial charge in [0.05, 0.1) is 11.6 Å². The van der Waals surface area contributed by atoms with Gasteiger partial charge in [-0.25, -0.2) is 9.98 Å². The summed E-state index contributed by atoms with van der Waals surface area (Å²) in [6.45, 7) is 4.90. The molecule has 0 saturated heterocycles. The van der Waals surface area contributed by atoms with E-state index in [1.165, 1.54) is 0 Å². The van der Waals surface area contributed by atoms with E-state index in [4.69, 9.17) is 0 Å². The highest BCUT2D eigenvalue weighted by molar-refractivity contribution is 8.13. The van der Waals surface area contributed by atoms with Gasteiger partial charge >= 0.3 is 0 Å². The molecule has 0 saturated carbocycles. The molecule has 62 valence electrons. The van der Waals surface area contributed by atoms with Crippen molar-refractivity contribution < 1.29 is 0 Å². The Morgan fingerprint density at radius 1 is 1.55 bits per heavy atom. The lowest BCUT2D eigenvalue weighted by Gasteiger charge is -2.05. The molecule has 0 bridgehead atoms. The minimum absolute atomic E-state index is 0.415. The standard InChI is InChI=1S/C7H13N3S/c1-5(2)9-7-8-4-6(10-7)11-3/h5H,4H2,1-3H3,(H,8,9). The normalized spacial score (nSPS) is 16.7. The number of aliphatic imine (C=N–C) groups is 2. The molecular formula is C7H13N3S. The minimum Gasteiger partial charge on any atom is -0.352 e. The minimum atomic E-state index is 0.415. The highest BCUT2D eigenvalue weighted by Gasteiger charge is 2.08. The van der Waals surface area contributed by atoms with Crippen LogP contribution in [0.4, 0.5) is 0 Å². The fourth-order valence-corrected chi connectivity index (χ4v) is 1.15. The first kappa shape index (κ1) is 8.59. The van der Waals surface area contributed by atoms with Crippen LogP contribution in [0, 0.1) is 0 Å². The lowest BCUT2D eigenvalue weighted by molar-refractivity contribution is 0.729. The summed E-state index contributed by atoms with van der Waals surface area (Å²) in [5, 5.41) is 4.25. The molecule has 0 aromatic rings. The lowest BCUT2D eigenvalue weighted by Crippen LogP contribution is -2.27. The van der Waals surface area contributed by atoms with Gasteiger partial charge in [-0.05, 0) is 20.1 Å². The van der Waals surface area contributed by atoms with Crippen LogP contribution in [0.25, 0.3) is 0 Å². The van der Waals surface area contributed by atoms with E-state index in [0.29, 0.717) is 6.04 Å². The van der Waals surface area contributed by atoms with E-state index in [1.807, 2.05) is 6.26 Å². The molecule has 0 spiro atoms. The van der Waals surface area contributed by atoms with Crippen molar-refractivity contribution in [3.05, 3.63) is 0 Å². The first-order valence-corrected chi connectivity index (χ1v) is 4.87.